The molecule has 0 heterocycles. The number of hydrogen-bond acceptors (Lipinski definition) is 6. The maximum absolute atomic E-state index is 12.4. The average molecular weight is 401 g/mol. The summed E-state index contributed by atoms with van der Waals surface area (Å²) >= 11 is 0. The van der Waals surface area contributed by atoms with E-state index >= 15 is 0 Å². The fourth-order valence-electron chi connectivity index (χ4n) is 2.29. The van der Waals surface area contributed by atoms with Gasteiger partial charge in [-0.1, -0.05) is 34.1 Å². The van der Waals surface area contributed by atoms with E-state index in [0.717, 1.165) is 0 Å². The maximum Gasteiger partial charge on any atom is 0.326 e. The molecule has 4 unspecified atom stereocenters. The fraction of sp³-hybridized carbons (Fsp3) is 0.706. The second kappa shape index (κ2) is 11.9. The molecule has 0 aromatic rings. The minimum absolute atomic E-state index is 0.282. The van der Waals surface area contributed by atoms with E-state index in [2.05, 4.69) is 16.0 Å². The SMILES string of the molecule is CCC(C)C(NC(=O)C(N)CC(N)=O)C(=O)NCC(=O)NC(C(=O)O)C(C)C. The fourth-order valence-corrected chi connectivity index (χ4v) is 2.29. The average Bonchev–Trinajstić information content (AvgIpc) is 2.59. The van der Waals surface area contributed by atoms with Crippen molar-refractivity contribution in [3.05, 3.63) is 0 Å². The molecular formula is C17H31N5O6. The van der Waals surface area contributed by atoms with Gasteiger partial charge in [0.15, 0.2) is 0 Å². The van der Waals surface area contributed by atoms with E-state index < -0.39 is 54.3 Å². The molecule has 0 bridgehead atoms. The van der Waals surface area contributed by atoms with Gasteiger partial charge in [0.2, 0.25) is 23.6 Å². The van der Waals surface area contributed by atoms with E-state index in [1.54, 1.807) is 20.8 Å². The van der Waals surface area contributed by atoms with Crippen molar-refractivity contribution in [3.63, 3.8) is 0 Å². The summed E-state index contributed by atoms with van der Waals surface area (Å²) in [6, 6.07) is -3.26. The first-order chi connectivity index (χ1) is 12.9. The topological polar surface area (TPSA) is 194 Å². The van der Waals surface area contributed by atoms with E-state index in [1.165, 1.54) is 0 Å². The van der Waals surface area contributed by atoms with Crippen LogP contribution in [0.1, 0.15) is 40.5 Å². The van der Waals surface area contributed by atoms with Crippen LogP contribution in [0.4, 0.5) is 0 Å². The number of carboxylic acids is 1. The highest BCUT2D eigenvalue weighted by molar-refractivity contribution is 5.94. The molecule has 28 heavy (non-hydrogen) atoms. The van der Waals surface area contributed by atoms with Crippen LogP contribution in [0.25, 0.3) is 0 Å². The van der Waals surface area contributed by atoms with E-state index in [4.69, 9.17) is 16.6 Å². The Labute approximate surface area is 164 Å². The quantitative estimate of drug-likeness (QED) is 0.219. The normalized spacial score (nSPS) is 15.1. The molecule has 4 amide bonds. The summed E-state index contributed by atoms with van der Waals surface area (Å²) in [5.41, 5.74) is 10.6. The molecule has 11 heteroatoms. The Kier molecular flexibility index (Phi) is 10.8. The van der Waals surface area contributed by atoms with Crippen molar-refractivity contribution < 1.29 is 29.1 Å². The van der Waals surface area contributed by atoms with Crippen LogP contribution in [0.5, 0.6) is 0 Å². The Morgan fingerprint density at radius 3 is 1.96 bits per heavy atom. The molecule has 0 fully saturated rings. The molecule has 0 aromatic carbocycles. The third-order valence-electron chi connectivity index (χ3n) is 4.22. The highest BCUT2D eigenvalue weighted by atomic mass is 16.4. The van der Waals surface area contributed by atoms with Gasteiger partial charge in [-0.3, -0.25) is 19.2 Å². The van der Waals surface area contributed by atoms with Gasteiger partial charge < -0.3 is 32.5 Å². The zero-order valence-electron chi connectivity index (χ0n) is 16.7. The monoisotopic (exact) mass is 401 g/mol. The van der Waals surface area contributed by atoms with Gasteiger partial charge in [-0.2, -0.15) is 0 Å². The lowest BCUT2D eigenvalue weighted by Crippen LogP contribution is -2.56. The number of amides is 4. The third-order valence-corrected chi connectivity index (χ3v) is 4.22. The number of nitrogens with one attached hydrogen (secondary N) is 3. The number of nitrogens with two attached hydrogens (primary N) is 2. The molecule has 0 saturated heterocycles. The zero-order chi connectivity index (χ0) is 22.0. The van der Waals surface area contributed by atoms with Crippen molar-refractivity contribution in [2.75, 3.05) is 6.54 Å². The van der Waals surface area contributed by atoms with Crippen LogP contribution in [-0.2, 0) is 24.0 Å². The highest BCUT2D eigenvalue weighted by Gasteiger charge is 2.29. The molecule has 0 radical (unpaired) electrons. The molecule has 0 spiro atoms. The van der Waals surface area contributed by atoms with Gasteiger partial charge in [0.05, 0.1) is 19.0 Å². The standard InChI is InChI=1S/C17H31N5O6/c1-5-9(4)14(22-15(25)10(18)6-11(19)23)16(26)20-7-12(24)21-13(8(2)3)17(27)28/h8-10,13-14H,5-7,18H2,1-4H3,(H2,19,23)(H,20,26)(H,21,24)(H,22,25)(H,27,28). The molecule has 0 aliphatic heterocycles. The van der Waals surface area contributed by atoms with Gasteiger partial charge in [-0.25, -0.2) is 4.79 Å². The molecule has 11 nitrogen and oxygen atoms in total. The van der Waals surface area contributed by atoms with Crippen molar-refractivity contribution in [2.45, 2.75) is 58.7 Å². The summed E-state index contributed by atoms with van der Waals surface area (Å²) in [5.74, 6) is -4.56. The lowest BCUT2D eigenvalue weighted by molar-refractivity contribution is -0.143. The summed E-state index contributed by atoms with van der Waals surface area (Å²) in [6.45, 7) is 6.37. The van der Waals surface area contributed by atoms with E-state index in [0.29, 0.717) is 6.42 Å². The Bertz CT molecular complexity index is 595. The van der Waals surface area contributed by atoms with Crippen molar-refractivity contribution in [3.8, 4) is 0 Å². The molecular weight excluding hydrogens is 370 g/mol. The first-order valence-corrected chi connectivity index (χ1v) is 9.04. The van der Waals surface area contributed by atoms with Crippen LogP contribution >= 0.6 is 0 Å². The van der Waals surface area contributed by atoms with Crippen molar-refractivity contribution in [1.82, 2.24) is 16.0 Å². The van der Waals surface area contributed by atoms with Gasteiger partial charge in [0.25, 0.3) is 0 Å². The molecule has 4 atom stereocenters. The summed E-state index contributed by atoms with van der Waals surface area (Å²) < 4.78 is 0. The van der Waals surface area contributed by atoms with Gasteiger partial charge in [-0.05, 0) is 11.8 Å². The lowest BCUT2D eigenvalue weighted by atomic mass is 9.97. The molecule has 0 aliphatic carbocycles. The number of aliphatic carboxylic acids is 1. The predicted octanol–water partition coefficient (Wildman–Crippen LogP) is -1.94. The number of hydrogen-bond donors (Lipinski definition) is 6. The zero-order valence-corrected chi connectivity index (χ0v) is 16.7. The maximum atomic E-state index is 12.4. The van der Waals surface area contributed by atoms with Gasteiger partial charge in [0.1, 0.15) is 12.1 Å². The minimum atomic E-state index is -1.19. The Balaban J connectivity index is 4.90. The van der Waals surface area contributed by atoms with Crippen molar-refractivity contribution in [2.24, 2.45) is 23.3 Å². The van der Waals surface area contributed by atoms with Gasteiger partial charge >= 0.3 is 5.97 Å². The number of rotatable bonds is 12. The number of carbonyl (C=O) groups excluding carboxylic acids is 4. The van der Waals surface area contributed by atoms with Crippen LogP contribution in [0.2, 0.25) is 0 Å². The van der Waals surface area contributed by atoms with Crippen LogP contribution in [-0.4, -0.2) is 59.4 Å². The highest BCUT2D eigenvalue weighted by Crippen LogP contribution is 2.08. The van der Waals surface area contributed by atoms with Crippen molar-refractivity contribution in [1.29, 1.82) is 0 Å². The Morgan fingerprint density at radius 1 is 0.964 bits per heavy atom. The number of carboxylic acid groups (broad SMARTS) is 1. The van der Waals surface area contributed by atoms with Crippen LogP contribution in [0, 0.1) is 11.8 Å². The number of carbonyl (C=O) groups is 5. The Morgan fingerprint density at radius 2 is 1.54 bits per heavy atom. The second-order valence-corrected chi connectivity index (χ2v) is 6.99. The van der Waals surface area contributed by atoms with Gasteiger partial charge in [-0.15, -0.1) is 0 Å². The van der Waals surface area contributed by atoms with E-state index in [1.807, 2.05) is 6.92 Å². The van der Waals surface area contributed by atoms with E-state index in [9.17, 15) is 24.0 Å². The predicted molar refractivity (Wildman–Crippen MR) is 101 cm³/mol. The van der Waals surface area contributed by atoms with Crippen molar-refractivity contribution >= 4 is 29.6 Å². The molecule has 8 N–H and O–H groups in total. The largest absolute Gasteiger partial charge is 0.480 e. The molecule has 0 rings (SSSR count). The van der Waals surface area contributed by atoms with Crippen LogP contribution < -0.4 is 27.4 Å². The first-order valence-electron chi connectivity index (χ1n) is 9.04. The summed E-state index contributed by atoms with van der Waals surface area (Å²) in [7, 11) is 0. The summed E-state index contributed by atoms with van der Waals surface area (Å²) in [4.78, 5) is 58.4. The van der Waals surface area contributed by atoms with Crippen LogP contribution in [0.15, 0.2) is 0 Å². The van der Waals surface area contributed by atoms with Crippen LogP contribution in [0.3, 0.4) is 0 Å². The number of primary amides is 1. The first kappa shape index (κ1) is 25.3. The second-order valence-electron chi connectivity index (χ2n) is 6.99. The minimum Gasteiger partial charge on any atom is -0.480 e. The summed E-state index contributed by atoms with van der Waals surface area (Å²) in [5, 5.41) is 16.2. The third kappa shape index (κ3) is 8.80. The molecule has 0 aromatic heterocycles. The van der Waals surface area contributed by atoms with E-state index in [-0.39, 0.29) is 18.3 Å². The smallest absolute Gasteiger partial charge is 0.326 e. The molecule has 0 aliphatic rings. The molecule has 0 saturated carbocycles. The summed E-state index contributed by atoms with van der Waals surface area (Å²) in [6.07, 6.45) is 0.179. The van der Waals surface area contributed by atoms with Gasteiger partial charge in [0, 0.05) is 0 Å². The molecule has 160 valence electrons. The lowest BCUT2D eigenvalue weighted by Gasteiger charge is -2.25. The Hall–Kier alpha value is -2.69.